The Kier molecular flexibility index (Phi) is 4.03. The summed E-state index contributed by atoms with van der Waals surface area (Å²) < 4.78 is 37.2. The van der Waals surface area contributed by atoms with Crippen LogP contribution in [0.15, 0.2) is 36.7 Å². The van der Waals surface area contributed by atoms with Crippen LogP contribution in [0.3, 0.4) is 0 Å². The van der Waals surface area contributed by atoms with Gasteiger partial charge in [-0.05, 0) is 24.3 Å². The van der Waals surface area contributed by atoms with Crippen LogP contribution in [0, 0.1) is 0 Å². The Morgan fingerprint density at radius 3 is 2.38 bits per heavy atom. The molecular formula is C12H10F3N5O. The monoisotopic (exact) mass is 297 g/mol. The zero-order valence-corrected chi connectivity index (χ0v) is 10.5. The molecule has 0 bridgehead atoms. The number of hydrogen-bond donors (Lipinski definition) is 3. The summed E-state index contributed by atoms with van der Waals surface area (Å²) in [6.07, 6.45) is -1.90. The van der Waals surface area contributed by atoms with Crippen LogP contribution < -0.4 is 16.6 Å². The fraction of sp³-hybridized carbons (Fsp3) is 0.0833. The van der Waals surface area contributed by atoms with Gasteiger partial charge in [-0.25, -0.2) is 10.8 Å². The number of nitrogens with one attached hydrogen (secondary N) is 2. The lowest BCUT2D eigenvalue weighted by molar-refractivity contribution is -0.137. The quantitative estimate of drug-likeness (QED) is 0.595. The number of nitrogens with zero attached hydrogens (tertiary/aromatic N) is 2. The number of alkyl halides is 3. The molecule has 6 nitrogen and oxygen atoms in total. The van der Waals surface area contributed by atoms with Crippen LogP contribution in [0.5, 0.6) is 0 Å². The van der Waals surface area contributed by atoms with E-state index in [4.69, 9.17) is 5.84 Å². The van der Waals surface area contributed by atoms with Crippen molar-refractivity contribution < 1.29 is 18.0 Å². The van der Waals surface area contributed by atoms with E-state index in [0.29, 0.717) is 0 Å². The number of halogens is 3. The Labute approximate surface area is 117 Å². The number of rotatable bonds is 3. The van der Waals surface area contributed by atoms with E-state index in [0.717, 1.165) is 24.3 Å². The number of nitrogen functional groups attached to an aromatic ring is 1. The number of carbonyl (C=O) groups excluding carboxylic acids is 1. The highest BCUT2D eigenvalue weighted by Gasteiger charge is 2.30. The molecule has 0 radical (unpaired) electrons. The Hall–Kier alpha value is -2.68. The van der Waals surface area contributed by atoms with Gasteiger partial charge in [-0.15, -0.1) is 0 Å². The molecule has 21 heavy (non-hydrogen) atoms. The number of hydrogen-bond acceptors (Lipinski definition) is 5. The Balaban J connectivity index is 2.12. The average molecular weight is 297 g/mol. The van der Waals surface area contributed by atoms with Gasteiger partial charge in [0.05, 0.1) is 18.0 Å². The van der Waals surface area contributed by atoms with Crippen LogP contribution in [0.4, 0.5) is 24.7 Å². The normalized spacial score (nSPS) is 11.0. The first-order chi connectivity index (χ1) is 9.90. The number of anilines is 2. The Morgan fingerprint density at radius 2 is 1.81 bits per heavy atom. The van der Waals surface area contributed by atoms with E-state index >= 15 is 0 Å². The van der Waals surface area contributed by atoms with Crippen LogP contribution in [0.2, 0.25) is 0 Å². The lowest BCUT2D eigenvalue weighted by Crippen LogP contribution is -2.16. The summed E-state index contributed by atoms with van der Waals surface area (Å²) in [5.74, 6) is 4.72. The first-order valence-electron chi connectivity index (χ1n) is 5.67. The SMILES string of the molecule is NNc1cncc(C(=O)Nc2ccc(C(F)(F)F)cc2)n1. The van der Waals surface area contributed by atoms with E-state index in [-0.39, 0.29) is 17.2 Å². The predicted octanol–water partition coefficient (Wildman–Crippen LogP) is 2.03. The van der Waals surface area contributed by atoms with Crippen molar-refractivity contribution in [2.45, 2.75) is 6.18 Å². The van der Waals surface area contributed by atoms with Gasteiger partial charge < -0.3 is 10.7 Å². The largest absolute Gasteiger partial charge is 0.416 e. The molecular weight excluding hydrogens is 287 g/mol. The van der Waals surface area contributed by atoms with Crippen molar-refractivity contribution in [3.8, 4) is 0 Å². The van der Waals surface area contributed by atoms with Gasteiger partial charge in [-0.2, -0.15) is 13.2 Å². The smallest absolute Gasteiger partial charge is 0.321 e. The van der Waals surface area contributed by atoms with E-state index < -0.39 is 17.6 Å². The highest BCUT2D eigenvalue weighted by Crippen LogP contribution is 2.29. The van der Waals surface area contributed by atoms with Crippen molar-refractivity contribution in [2.75, 3.05) is 10.7 Å². The van der Waals surface area contributed by atoms with Crippen molar-refractivity contribution in [2.24, 2.45) is 5.84 Å². The fourth-order valence-corrected chi connectivity index (χ4v) is 1.48. The minimum atomic E-state index is -4.42. The van der Waals surface area contributed by atoms with E-state index in [9.17, 15) is 18.0 Å². The second kappa shape index (κ2) is 5.75. The third kappa shape index (κ3) is 3.66. The van der Waals surface area contributed by atoms with Crippen molar-refractivity contribution in [1.82, 2.24) is 9.97 Å². The molecule has 1 amide bonds. The van der Waals surface area contributed by atoms with E-state index in [1.807, 2.05) is 0 Å². The molecule has 9 heteroatoms. The average Bonchev–Trinajstić information content (AvgIpc) is 2.47. The molecule has 110 valence electrons. The van der Waals surface area contributed by atoms with Crippen LogP contribution in [-0.2, 0) is 6.18 Å². The molecule has 4 N–H and O–H groups in total. The van der Waals surface area contributed by atoms with Crippen LogP contribution in [0.25, 0.3) is 0 Å². The highest BCUT2D eigenvalue weighted by molar-refractivity contribution is 6.02. The molecule has 0 aliphatic carbocycles. The van der Waals surface area contributed by atoms with Gasteiger partial charge >= 0.3 is 6.18 Å². The van der Waals surface area contributed by atoms with E-state index in [1.54, 1.807) is 0 Å². The molecule has 1 heterocycles. The predicted molar refractivity (Wildman–Crippen MR) is 69.2 cm³/mol. The second-order valence-electron chi connectivity index (χ2n) is 3.96. The second-order valence-corrected chi connectivity index (χ2v) is 3.96. The van der Waals surface area contributed by atoms with Gasteiger partial charge in [-0.3, -0.25) is 9.78 Å². The number of nitrogens with two attached hydrogens (primary N) is 1. The molecule has 2 aromatic rings. The Morgan fingerprint density at radius 1 is 1.14 bits per heavy atom. The topological polar surface area (TPSA) is 92.9 Å². The van der Waals surface area contributed by atoms with Gasteiger partial charge in [0.2, 0.25) is 0 Å². The summed E-state index contributed by atoms with van der Waals surface area (Å²) in [5.41, 5.74) is 1.62. The summed E-state index contributed by atoms with van der Waals surface area (Å²) in [4.78, 5) is 19.5. The zero-order chi connectivity index (χ0) is 15.5. The summed E-state index contributed by atoms with van der Waals surface area (Å²) in [5, 5.41) is 2.41. The van der Waals surface area contributed by atoms with Crippen molar-refractivity contribution in [3.05, 3.63) is 47.9 Å². The maximum Gasteiger partial charge on any atom is 0.416 e. The highest BCUT2D eigenvalue weighted by atomic mass is 19.4. The molecule has 0 atom stereocenters. The first-order valence-corrected chi connectivity index (χ1v) is 5.67. The summed E-state index contributed by atoms with van der Waals surface area (Å²) in [7, 11) is 0. The number of amides is 1. The van der Waals surface area contributed by atoms with Gasteiger partial charge in [0.1, 0.15) is 5.69 Å². The van der Waals surface area contributed by atoms with Crippen LogP contribution >= 0.6 is 0 Å². The minimum absolute atomic E-state index is 0.0228. The molecule has 0 spiro atoms. The first kappa shape index (κ1) is 14.7. The standard InChI is InChI=1S/C12H10F3N5O/c13-12(14,15)7-1-3-8(4-2-7)18-11(21)9-5-17-6-10(19-9)20-16/h1-6H,16H2,(H,18,21)(H,19,20). The van der Waals surface area contributed by atoms with Gasteiger partial charge in [0.15, 0.2) is 5.82 Å². The lowest BCUT2D eigenvalue weighted by atomic mass is 10.2. The molecule has 0 unspecified atom stereocenters. The molecule has 1 aromatic heterocycles. The number of carbonyl (C=O) groups is 1. The molecule has 0 saturated heterocycles. The van der Waals surface area contributed by atoms with E-state index in [2.05, 4.69) is 20.7 Å². The third-order valence-electron chi connectivity index (χ3n) is 2.49. The van der Waals surface area contributed by atoms with Crippen molar-refractivity contribution in [3.63, 3.8) is 0 Å². The van der Waals surface area contributed by atoms with Crippen LogP contribution in [0.1, 0.15) is 16.1 Å². The van der Waals surface area contributed by atoms with Crippen molar-refractivity contribution >= 4 is 17.4 Å². The fourth-order valence-electron chi connectivity index (χ4n) is 1.48. The molecule has 0 aliphatic rings. The minimum Gasteiger partial charge on any atom is -0.321 e. The summed E-state index contributed by atoms with van der Waals surface area (Å²) in [6, 6.07) is 4.05. The Bertz CT molecular complexity index is 642. The van der Waals surface area contributed by atoms with Crippen LogP contribution in [-0.4, -0.2) is 15.9 Å². The van der Waals surface area contributed by atoms with Crippen molar-refractivity contribution in [1.29, 1.82) is 0 Å². The van der Waals surface area contributed by atoms with E-state index in [1.165, 1.54) is 12.4 Å². The van der Waals surface area contributed by atoms with Gasteiger partial charge in [-0.1, -0.05) is 0 Å². The lowest BCUT2D eigenvalue weighted by Gasteiger charge is -2.08. The molecule has 0 aliphatic heterocycles. The third-order valence-corrected chi connectivity index (χ3v) is 2.49. The maximum atomic E-state index is 12.4. The molecule has 0 fully saturated rings. The van der Waals surface area contributed by atoms with Gasteiger partial charge in [0, 0.05) is 5.69 Å². The maximum absolute atomic E-state index is 12.4. The summed E-state index contributed by atoms with van der Waals surface area (Å²) >= 11 is 0. The number of hydrazine groups is 1. The summed E-state index contributed by atoms with van der Waals surface area (Å²) in [6.45, 7) is 0. The molecule has 2 rings (SSSR count). The molecule has 1 aromatic carbocycles. The van der Waals surface area contributed by atoms with Gasteiger partial charge in [0.25, 0.3) is 5.91 Å². The molecule has 0 saturated carbocycles. The zero-order valence-electron chi connectivity index (χ0n) is 10.5. The number of aromatic nitrogens is 2. The number of benzene rings is 1.